The summed E-state index contributed by atoms with van der Waals surface area (Å²) in [5.41, 5.74) is 3.46. The summed E-state index contributed by atoms with van der Waals surface area (Å²) in [5, 5.41) is 3.78. The Balaban J connectivity index is 2.32. The minimum atomic E-state index is 0.635. The Morgan fingerprint density at radius 3 is 2.26 bits per heavy atom. The number of ether oxygens (including phenoxy) is 1. The van der Waals surface area contributed by atoms with Gasteiger partial charge >= 0.3 is 0 Å². The molecule has 0 saturated heterocycles. The van der Waals surface area contributed by atoms with Gasteiger partial charge in [0.1, 0.15) is 11.5 Å². The first kappa shape index (κ1) is 13.9. The zero-order chi connectivity index (χ0) is 13.8. The molecule has 3 heteroatoms. The summed E-state index contributed by atoms with van der Waals surface area (Å²) in [6, 6.07) is 11.9. The van der Waals surface area contributed by atoms with Crippen molar-refractivity contribution in [3.8, 4) is 11.5 Å². The Hall–Kier alpha value is -1.51. The fourth-order valence-electron chi connectivity index (χ4n) is 1.94. The van der Waals surface area contributed by atoms with Crippen molar-refractivity contribution in [3.05, 3.63) is 58.1 Å². The molecule has 0 aliphatic rings. The van der Waals surface area contributed by atoms with Gasteiger partial charge in [-0.25, -0.2) is 0 Å². The zero-order valence-corrected chi connectivity index (χ0v) is 12.2. The lowest BCUT2D eigenvalue weighted by Crippen LogP contribution is -2.06. The van der Waals surface area contributed by atoms with Gasteiger partial charge in [-0.05, 0) is 44.7 Å². The molecule has 0 aromatic heterocycles. The molecule has 2 rings (SSSR count). The highest BCUT2D eigenvalue weighted by Gasteiger charge is 2.07. The lowest BCUT2D eigenvalue weighted by molar-refractivity contribution is 0.474. The first-order valence-electron chi connectivity index (χ1n) is 6.28. The maximum absolute atomic E-state index is 6.20. The molecule has 100 valence electrons. The van der Waals surface area contributed by atoms with Crippen molar-refractivity contribution < 1.29 is 4.74 Å². The molecule has 19 heavy (non-hydrogen) atoms. The highest BCUT2D eigenvalue weighted by molar-refractivity contribution is 6.32. The van der Waals surface area contributed by atoms with Crippen molar-refractivity contribution in [3.63, 3.8) is 0 Å². The van der Waals surface area contributed by atoms with Gasteiger partial charge in [0.25, 0.3) is 0 Å². The van der Waals surface area contributed by atoms with E-state index in [4.69, 9.17) is 16.3 Å². The summed E-state index contributed by atoms with van der Waals surface area (Å²) < 4.78 is 5.93. The maximum Gasteiger partial charge on any atom is 0.146 e. The van der Waals surface area contributed by atoms with Crippen LogP contribution in [0.25, 0.3) is 0 Å². The van der Waals surface area contributed by atoms with Gasteiger partial charge in [-0.1, -0.05) is 35.4 Å². The molecule has 0 fully saturated rings. The van der Waals surface area contributed by atoms with Gasteiger partial charge in [0, 0.05) is 12.1 Å². The maximum atomic E-state index is 6.20. The lowest BCUT2D eigenvalue weighted by atomic mass is 10.1. The van der Waals surface area contributed by atoms with Gasteiger partial charge in [-0.2, -0.15) is 0 Å². The first-order valence-corrected chi connectivity index (χ1v) is 6.66. The quantitative estimate of drug-likeness (QED) is 0.889. The number of halogens is 1. The molecule has 0 unspecified atom stereocenters. The highest BCUT2D eigenvalue weighted by atomic mass is 35.5. The molecule has 0 atom stereocenters. The molecule has 1 N–H and O–H groups in total. The molecule has 0 bridgehead atoms. The zero-order valence-electron chi connectivity index (χ0n) is 11.5. The molecule has 0 aliphatic carbocycles. The second kappa shape index (κ2) is 6.09. The Morgan fingerprint density at radius 1 is 1.00 bits per heavy atom. The standard InChI is InChI=1S/C16H18ClNO/c1-11-4-6-15(13(8-11)10-18-3)19-16-7-5-12(2)9-14(16)17/h4-9,18H,10H2,1-3H3. The van der Waals surface area contributed by atoms with Gasteiger partial charge in [-0.15, -0.1) is 0 Å². The van der Waals surface area contributed by atoms with Crippen LogP contribution in [0.4, 0.5) is 0 Å². The molecular weight excluding hydrogens is 258 g/mol. The average Bonchev–Trinajstić information content (AvgIpc) is 2.36. The van der Waals surface area contributed by atoms with Crippen molar-refractivity contribution >= 4 is 11.6 Å². The molecule has 2 aromatic carbocycles. The summed E-state index contributed by atoms with van der Waals surface area (Å²) >= 11 is 6.20. The first-order chi connectivity index (χ1) is 9.10. The molecule has 0 radical (unpaired) electrons. The van der Waals surface area contributed by atoms with Gasteiger partial charge in [0.15, 0.2) is 0 Å². The largest absolute Gasteiger partial charge is 0.455 e. The van der Waals surface area contributed by atoms with Crippen LogP contribution in [0.15, 0.2) is 36.4 Å². The fraction of sp³-hybridized carbons (Fsp3) is 0.250. The van der Waals surface area contributed by atoms with Crippen molar-refractivity contribution in [2.75, 3.05) is 7.05 Å². The number of rotatable bonds is 4. The number of nitrogens with one attached hydrogen (secondary N) is 1. The van der Waals surface area contributed by atoms with Crippen molar-refractivity contribution in [1.82, 2.24) is 5.32 Å². The van der Waals surface area contributed by atoms with E-state index >= 15 is 0 Å². The van der Waals surface area contributed by atoms with E-state index in [-0.39, 0.29) is 0 Å². The predicted molar refractivity (Wildman–Crippen MR) is 80.2 cm³/mol. The van der Waals surface area contributed by atoms with Crippen LogP contribution in [0.5, 0.6) is 11.5 Å². The highest BCUT2D eigenvalue weighted by Crippen LogP contribution is 2.32. The fourth-order valence-corrected chi connectivity index (χ4v) is 2.22. The summed E-state index contributed by atoms with van der Waals surface area (Å²) in [5.74, 6) is 1.53. The summed E-state index contributed by atoms with van der Waals surface area (Å²) in [4.78, 5) is 0. The predicted octanol–water partition coefficient (Wildman–Crippen LogP) is 4.47. The number of hydrogen-bond donors (Lipinski definition) is 1. The molecule has 0 spiro atoms. The van der Waals surface area contributed by atoms with Crippen LogP contribution in [0.3, 0.4) is 0 Å². The average molecular weight is 276 g/mol. The van der Waals surface area contributed by atoms with E-state index in [0.29, 0.717) is 10.8 Å². The molecule has 2 nitrogen and oxygen atoms in total. The normalized spacial score (nSPS) is 10.5. The minimum absolute atomic E-state index is 0.635. The Labute approximate surface area is 119 Å². The van der Waals surface area contributed by atoms with E-state index < -0.39 is 0 Å². The van der Waals surface area contributed by atoms with Crippen molar-refractivity contribution in [2.45, 2.75) is 20.4 Å². The smallest absolute Gasteiger partial charge is 0.146 e. The van der Waals surface area contributed by atoms with Gasteiger partial charge in [-0.3, -0.25) is 0 Å². The Morgan fingerprint density at radius 2 is 1.63 bits per heavy atom. The molecule has 2 aromatic rings. The van der Waals surface area contributed by atoms with Gasteiger partial charge < -0.3 is 10.1 Å². The van der Waals surface area contributed by atoms with E-state index in [9.17, 15) is 0 Å². The molecule has 0 aliphatic heterocycles. The monoisotopic (exact) mass is 275 g/mol. The van der Waals surface area contributed by atoms with E-state index in [1.165, 1.54) is 5.56 Å². The van der Waals surface area contributed by atoms with Crippen molar-refractivity contribution in [1.29, 1.82) is 0 Å². The summed E-state index contributed by atoms with van der Waals surface area (Å²) in [6.07, 6.45) is 0. The molecule has 0 saturated carbocycles. The van der Waals surface area contributed by atoms with Crippen LogP contribution in [-0.4, -0.2) is 7.05 Å². The van der Waals surface area contributed by atoms with E-state index in [2.05, 4.69) is 18.3 Å². The van der Waals surface area contributed by atoms with E-state index in [0.717, 1.165) is 23.4 Å². The number of hydrogen-bond acceptors (Lipinski definition) is 2. The van der Waals surface area contributed by atoms with Crippen LogP contribution in [0.1, 0.15) is 16.7 Å². The SMILES string of the molecule is CNCc1cc(C)ccc1Oc1ccc(C)cc1Cl. The van der Waals surface area contributed by atoms with E-state index in [1.54, 1.807) is 0 Å². The summed E-state index contributed by atoms with van der Waals surface area (Å²) in [7, 11) is 1.92. The third-order valence-corrected chi connectivity index (χ3v) is 3.19. The van der Waals surface area contributed by atoms with Crippen molar-refractivity contribution in [2.24, 2.45) is 0 Å². The van der Waals surface area contributed by atoms with Crippen LogP contribution in [0, 0.1) is 13.8 Å². The third-order valence-electron chi connectivity index (χ3n) is 2.89. The molecule has 0 amide bonds. The van der Waals surface area contributed by atoms with Crippen LogP contribution < -0.4 is 10.1 Å². The molecule has 0 heterocycles. The van der Waals surface area contributed by atoms with Gasteiger partial charge in [0.2, 0.25) is 0 Å². The number of aryl methyl sites for hydroxylation is 2. The second-order valence-corrected chi connectivity index (χ2v) is 5.08. The van der Waals surface area contributed by atoms with Crippen LogP contribution in [-0.2, 0) is 6.54 Å². The van der Waals surface area contributed by atoms with Crippen LogP contribution in [0.2, 0.25) is 5.02 Å². The van der Waals surface area contributed by atoms with Crippen LogP contribution >= 0.6 is 11.6 Å². The second-order valence-electron chi connectivity index (χ2n) is 4.68. The Kier molecular flexibility index (Phi) is 4.46. The molecular formula is C16H18ClNO. The Bertz CT molecular complexity index is 581. The summed E-state index contributed by atoms with van der Waals surface area (Å²) in [6.45, 7) is 4.84. The number of benzene rings is 2. The third kappa shape index (κ3) is 3.49. The minimum Gasteiger partial charge on any atom is -0.455 e. The van der Waals surface area contributed by atoms with Gasteiger partial charge in [0.05, 0.1) is 5.02 Å². The topological polar surface area (TPSA) is 21.3 Å². The van der Waals surface area contributed by atoms with E-state index in [1.807, 2.05) is 44.3 Å². The lowest BCUT2D eigenvalue weighted by Gasteiger charge is -2.13.